The summed E-state index contributed by atoms with van der Waals surface area (Å²) in [5.41, 5.74) is 0. The minimum atomic E-state index is 0.209. The van der Waals surface area contributed by atoms with Gasteiger partial charge in [-0.2, -0.15) is 0 Å². The van der Waals surface area contributed by atoms with E-state index in [1.54, 1.807) is 11.3 Å². The number of halogens is 1. The Kier molecular flexibility index (Phi) is 4.59. The second-order valence-electron chi connectivity index (χ2n) is 4.12. The molecule has 1 aliphatic heterocycles. The fourth-order valence-electron chi connectivity index (χ4n) is 1.90. The first-order valence-electron chi connectivity index (χ1n) is 5.82. The first kappa shape index (κ1) is 13.1. The van der Waals surface area contributed by atoms with Gasteiger partial charge in [0.05, 0.1) is 22.9 Å². The summed E-state index contributed by atoms with van der Waals surface area (Å²) >= 11 is 5.04. The Bertz CT molecular complexity index is 394. The van der Waals surface area contributed by atoms with Crippen molar-refractivity contribution in [3.8, 4) is 0 Å². The van der Waals surface area contributed by atoms with Gasteiger partial charge >= 0.3 is 0 Å². The number of nitrogens with zero attached hydrogens (tertiary/aromatic N) is 1. The average molecular weight is 318 g/mol. The summed E-state index contributed by atoms with van der Waals surface area (Å²) in [5, 5.41) is 0. The molecule has 3 nitrogen and oxygen atoms in total. The van der Waals surface area contributed by atoms with Gasteiger partial charge < -0.3 is 9.64 Å². The quantitative estimate of drug-likeness (QED) is 0.857. The maximum Gasteiger partial charge on any atom is 0.227 e. The molecule has 0 aliphatic carbocycles. The first-order valence-corrected chi connectivity index (χ1v) is 7.43. The van der Waals surface area contributed by atoms with Gasteiger partial charge in [0.15, 0.2) is 0 Å². The van der Waals surface area contributed by atoms with E-state index in [4.69, 9.17) is 4.74 Å². The van der Waals surface area contributed by atoms with Crippen LogP contribution in [0.3, 0.4) is 0 Å². The largest absolute Gasteiger partial charge is 0.375 e. The van der Waals surface area contributed by atoms with Crippen LogP contribution in [-0.2, 0) is 16.0 Å². The lowest BCUT2D eigenvalue weighted by Gasteiger charge is -2.32. The van der Waals surface area contributed by atoms with Crippen LogP contribution in [0.1, 0.15) is 18.2 Å². The fourth-order valence-corrected chi connectivity index (χ4v) is 3.37. The molecule has 2 rings (SSSR count). The molecule has 0 spiro atoms. The minimum absolute atomic E-state index is 0.209. The molecule has 2 heterocycles. The molecule has 94 valence electrons. The van der Waals surface area contributed by atoms with Crippen molar-refractivity contribution < 1.29 is 9.53 Å². The standard InChI is InChI=1S/C12H16BrNO2S/c1-2-9-8-14(5-6-16-9)12(15)7-10-3-4-11(13)17-10/h3-4,9H,2,5-8H2,1H3/t9-/m1/s1. The van der Waals surface area contributed by atoms with Crippen LogP contribution in [0, 0.1) is 0 Å². The summed E-state index contributed by atoms with van der Waals surface area (Å²) in [5.74, 6) is 0.209. The number of hydrogen-bond acceptors (Lipinski definition) is 3. The highest BCUT2D eigenvalue weighted by molar-refractivity contribution is 9.11. The molecule has 0 N–H and O–H groups in total. The van der Waals surface area contributed by atoms with E-state index in [-0.39, 0.29) is 12.0 Å². The molecule has 0 radical (unpaired) electrons. The highest BCUT2D eigenvalue weighted by Gasteiger charge is 2.23. The van der Waals surface area contributed by atoms with Crippen molar-refractivity contribution in [3.63, 3.8) is 0 Å². The van der Waals surface area contributed by atoms with E-state index in [0.717, 1.165) is 28.2 Å². The van der Waals surface area contributed by atoms with E-state index in [2.05, 4.69) is 22.9 Å². The summed E-state index contributed by atoms with van der Waals surface area (Å²) < 4.78 is 6.64. The van der Waals surface area contributed by atoms with Crippen LogP contribution in [0.25, 0.3) is 0 Å². The number of morpholine rings is 1. The predicted octanol–water partition coefficient (Wildman–Crippen LogP) is 2.69. The second kappa shape index (κ2) is 5.98. The topological polar surface area (TPSA) is 29.5 Å². The SMILES string of the molecule is CC[C@@H]1CN(C(=O)Cc2ccc(Br)s2)CCO1. The molecule has 1 aliphatic rings. The summed E-state index contributed by atoms with van der Waals surface area (Å²) in [7, 11) is 0. The van der Waals surface area contributed by atoms with Gasteiger partial charge in [-0.05, 0) is 34.5 Å². The van der Waals surface area contributed by atoms with Crippen molar-refractivity contribution in [3.05, 3.63) is 20.8 Å². The number of amides is 1. The molecule has 1 saturated heterocycles. The molecule has 0 unspecified atom stereocenters. The summed E-state index contributed by atoms with van der Waals surface area (Å²) in [6.45, 7) is 4.22. The van der Waals surface area contributed by atoms with E-state index in [1.807, 2.05) is 17.0 Å². The zero-order chi connectivity index (χ0) is 12.3. The number of thiophene rings is 1. The predicted molar refractivity (Wildman–Crippen MR) is 72.3 cm³/mol. The van der Waals surface area contributed by atoms with Crippen LogP contribution in [0.5, 0.6) is 0 Å². The van der Waals surface area contributed by atoms with Crippen molar-refractivity contribution in [1.82, 2.24) is 4.90 Å². The third-order valence-electron chi connectivity index (χ3n) is 2.90. The van der Waals surface area contributed by atoms with E-state index < -0.39 is 0 Å². The van der Waals surface area contributed by atoms with Crippen LogP contribution in [0.15, 0.2) is 15.9 Å². The number of carbonyl (C=O) groups is 1. The van der Waals surface area contributed by atoms with Crippen molar-refractivity contribution in [1.29, 1.82) is 0 Å². The maximum atomic E-state index is 12.1. The average Bonchev–Trinajstić information content (AvgIpc) is 2.75. The molecule has 0 aromatic carbocycles. The van der Waals surface area contributed by atoms with Gasteiger partial charge in [0.25, 0.3) is 0 Å². The summed E-state index contributed by atoms with van der Waals surface area (Å²) in [4.78, 5) is 15.1. The van der Waals surface area contributed by atoms with Gasteiger partial charge in [0.2, 0.25) is 5.91 Å². The Morgan fingerprint density at radius 1 is 1.65 bits per heavy atom. The molecule has 1 amide bonds. The van der Waals surface area contributed by atoms with Gasteiger partial charge in [-0.3, -0.25) is 4.79 Å². The van der Waals surface area contributed by atoms with Crippen LogP contribution in [-0.4, -0.2) is 36.6 Å². The smallest absolute Gasteiger partial charge is 0.227 e. The minimum Gasteiger partial charge on any atom is -0.375 e. The van der Waals surface area contributed by atoms with E-state index >= 15 is 0 Å². The first-order chi connectivity index (χ1) is 8.19. The molecular formula is C12H16BrNO2S. The molecular weight excluding hydrogens is 302 g/mol. The molecule has 1 aromatic rings. The second-order valence-corrected chi connectivity index (χ2v) is 6.67. The highest BCUT2D eigenvalue weighted by atomic mass is 79.9. The highest BCUT2D eigenvalue weighted by Crippen LogP contribution is 2.23. The molecule has 17 heavy (non-hydrogen) atoms. The summed E-state index contributed by atoms with van der Waals surface area (Å²) in [6.07, 6.45) is 1.68. The monoisotopic (exact) mass is 317 g/mol. The maximum absolute atomic E-state index is 12.1. The zero-order valence-electron chi connectivity index (χ0n) is 9.82. The molecule has 5 heteroatoms. The van der Waals surface area contributed by atoms with E-state index in [1.165, 1.54) is 0 Å². The van der Waals surface area contributed by atoms with Crippen molar-refractivity contribution >= 4 is 33.2 Å². The molecule has 1 aromatic heterocycles. The third kappa shape index (κ3) is 3.53. The Hall–Kier alpha value is -0.390. The number of rotatable bonds is 3. The lowest BCUT2D eigenvalue weighted by atomic mass is 10.2. The van der Waals surface area contributed by atoms with Crippen LogP contribution in [0.4, 0.5) is 0 Å². The van der Waals surface area contributed by atoms with Gasteiger partial charge in [-0.1, -0.05) is 6.92 Å². The van der Waals surface area contributed by atoms with Gasteiger partial charge in [0, 0.05) is 18.0 Å². The van der Waals surface area contributed by atoms with Crippen LogP contribution >= 0.6 is 27.3 Å². The lowest BCUT2D eigenvalue weighted by Crippen LogP contribution is -2.45. The van der Waals surface area contributed by atoms with Crippen molar-refractivity contribution in [2.75, 3.05) is 19.7 Å². The van der Waals surface area contributed by atoms with Crippen LogP contribution < -0.4 is 0 Å². The fraction of sp³-hybridized carbons (Fsp3) is 0.583. The normalized spacial score (nSPS) is 20.6. The molecule has 1 fully saturated rings. The Morgan fingerprint density at radius 2 is 2.47 bits per heavy atom. The Labute approximate surface area is 114 Å². The van der Waals surface area contributed by atoms with E-state index in [0.29, 0.717) is 13.0 Å². The number of hydrogen-bond donors (Lipinski definition) is 0. The molecule has 1 atom stereocenters. The summed E-state index contributed by atoms with van der Waals surface area (Å²) in [6, 6.07) is 3.99. The number of carbonyl (C=O) groups excluding carboxylic acids is 1. The van der Waals surface area contributed by atoms with Gasteiger partial charge in [-0.25, -0.2) is 0 Å². The van der Waals surface area contributed by atoms with Crippen LogP contribution in [0.2, 0.25) is 0 Å². The van der Waals surface area contributed by atoms with Crippen molar-refractivity contribution in [2.45, 2.75) is 25.9 Å². The zero-order valence-corrected chi connectivity index (χ0v) is 12.2. The Morgan fingerprint density at radius 3 is 3.12 bits per heavy atom. The molecule has 0 saturated carbocycles. The van der Waals surface area contributed by atoms with Gasteiger partial charge in [-0.15, -0.1) is 11.3 Å². The number of ether oxygens (including phenoxy) is 1. The lowest BCUT2D eigenvalue weighted by molar-refractivity contribution is -0.138. The third-order valence-corrected chi connectivity index (χ3v) is 4.52. The van der Waals surface area contributed by atoms with E-state index in [9.17, 15) is 4.79 Å². The van der Waals surface area contributed by atoms with Crippen molar-refractivity contribution in [2.24, 2.45) is 0 Å². The molecule has 0 bridgehead atoms. The van der Waals surface area contributed by atoms with Gasteiger partial charge in [0.1, 0.15) is 0 Å². The Balaban J connectivity index is 1.91.